The summed E-state index contributed by atoms with van der Waals surface area (Å²) in [7, 11) is -9.92. The third-order valence-corrected chi connectivity index (χ3v) is 21.1. The van der Waals surface area contributed by atoms with Crippen molar-refractivity contribution in [1.29, 1.82) is 0 Å². The van der Waals surface area contributed by atoms with Crippen LogP contribution in [-0.4, -0.2) is 96.7 Å². The summed E-state index contributed by atoms with van der Waals surface area (Å²) in [5.74, 6) is -0.494. The van der Waals surface area contributed by atoms with Gasteiger partial charge in [0.05, 0.1) is 26.4 Å². The van der Waals surface area contributed by atoms with E-state index in [-0.39, 0.29) is 25.7 Å². The highest BCUT2D eigenvalue weighted by atomic mass is 31.2. The second kappa shape index (κ2) is 73.6. The molecule has 0 aliphatic carbocycles. The smallest absolute Gasteiger partial charge is 0.462 e. The number of aliphatic hydroxyl groups excluding tert-OH is 1. The van der Waals surface area contributed by atoms with Crippen molar-refractivity contribution in [2.24, 2.45) is 11.8 Å². The third-order valence-electron chi connectivity index (χ3n) is 19.2. The number of ether oxygens (including phenoxy) is 4. The number of carbonyl (C=O) groups excluding carboxylic acids is 4. The van der Waals surface area contributed by atoms with Gasteiger partial charge in [-0.05, 0) is 37.5 Å². The number of rotatable bonds is 81. The van der Waals surface area contributed by atoms with E-state index in [4.69, 9.17) is 37.0 Å². The Morgan fingerprint density at radius 2 is 0.455 bits per heavy atom. The Bertz CT molecular complexity index is 1940. The monoisotopic (exact) mass is 1480 g/mol. The van der Waals surface area contributed by atoms with Crippen molar-refractivity contribution in [3.63, 3.8) is 0 Å². The van der Waals surface area contributed by atoms with Crippen LogP contribution >= 0.6 is 15.6 Å². The standard InChI is InChI=1S/C82H160O17P2/c1-7-9-11-13-15-17-19-20-30-36-42-48-54-60-66-81(86)98-77(70-92-79(84)64-58-52-46-40-18-16-14-12-10-8-2)72-96-100(88,89)94-68-76(83)69-95-101(90,91)97-73-78(71-93-80(85)65-59-53-47-41-35-32-27-29-34-39-45-51-57-63-75(5)6)99-82(87)67-61-55-49-43-37-31-26-24-22-21-23-25-28-33-38-44-50-56-62-74(3)4/h74-78,83H,7-73H2,1-6H3,(H,88,89)(H,90,91)/t76-,77+,78+/m0/s1. The Kier molecular flexibility index (Phi) is 72.2. The van der Waals surface area contributed by atoms with E-state index in [1.54, 1.807) is 0 Å². The van der Waals surface area contributed by atoms with Crippen LogP contribution in [0.15, 0.2) is 0 Å². The molecule has 17 nitrogen and oxygen atoms in total. The minimum absolute atomic E-state index is 0.108. The molecule has 0 aromatic rings. The predicted octanol–water partition coefficient (Wildman–Crippen LogP) is 24.7. The lowest BCUT2D eigenvalue weighted by Crippen LogP contribution is -2.30. The molecule has 0 heterocycles. The number of aliphatic hydroxyl groups is 1. The summed E-state index contributed by atoms with van der Waals surface area (Å²) in [6, 6.07) is 0. The number of unbranched alkanes of at least 4 members (excludes halogenated alkanes) is 51. The number of esters is 4. The first-order valence-corrected chi connectivity index (χ1v) is 45.5. The lowest BCUT2D eigenvalue weighted by molar-refractivity contribution is -0.161. The SMILES string of the molecule is CCCCCCCCCCCCCCCCC(=O)O[C@H](COC(=O)CCCCCCCCCCCC)COP(=O)(O)OC[C@H](O)COP(=O)(O)OC[C@@H](COC(=O)CCCCCCCCCCCCCCCC(C)C)OC(=O)CCCCCCCCCCCCCCCCCCCCC(C)C. The van der Waals surface area contributed by atoms with E-state index in [1.165, 1.54) is 250 Å². The molecule has 0 rings (SSSR count). The fraction of sp³-hybridized carbons (Fsp3) is 0.951. The van der Waals surface area contributed by atoms with Gasteiger partial charge in [0, 0.05) is 25.7 Å². The molecule has 2 unspecified atom stereocenters. The molecule has 101 heavy (non-hydrogen) atoms. The summed E-state index contributed by atoms with van der Waals surface area (Å²) in [6.45, 7) is 9.69. The Morgan fingerprint density at radius 3 is 0.673 bits per heavy atom. The van der Waals surface area contributed by atoms with E-state index in [9.17, 15) is 43.2 Å². The van der Waals surface area contributed by atoms with Crippen molar-refractivity contribution in [3.8, 4) is 0 Å². The molecule has 0 spiro atoms. The summed E-state index contributed by atoms with van der Waals surface area (Å²) < 4.78 is 68.7. The van der Waals surface area contributed by atoms with Crippen LogP contribution in [0.4, 0.5) is 0 Å². The molecule has 0 fully saturated rings. The minimum atomic E-state index is -4.96. The number of hydrogen-bond donors (Lipinski definition) is 3. The molecule has 0 amide bonds. The van der Waals surface area contributed by atoms with Crippen LogP contribution in [0.1, 0.15) is 433 Å². The van der Waals surface area contributed by atoms with Crippen LogP contribution in [0.2, 0.25) is 0 Å². The molecule has 3 N–H and O–H groups in total. The number of phosphoric acid groups is 2. The molecule has 5 atom stereocenters. The first-order valence-electron chi connectivity index (χ1n) is 42.5. The van der Waals surface area contributed by atoms with E-state index in [2.05, 4.69) is 41.5 Å². The van der Waals surface area contributed by atoms with Crippen LogP contribution < -0.4 is 0 Å². The van der Waals surface area contributed by atoms with Crippen molar-refractivity contribution < 1.29 is 80.2 Å². The van der Waals surface area contributed by atoms with Crippen molar-refractivity contribution >= 4 is 39.5 Å². The zero-order valence-electron chi connectivity index (χ0n) is 66.2. The van der Waals surface area contributed by atoms with E-state index < -0.39 is 97.5 Å². The van der Waals surface area contributed by atoms with Crippen LogP contribution in [-0.2, 0) is 65.4 Å². The summed E-state index contributed by atoms with van der Waals surface area (Å²) >= 11 is 0. The van der Waals surface area contributed by atoms with Gasteiger partial charge in [-0.15, -0.1) is 0 Å². The van der Waals surface area contributed by atoms with Gasteiger partial charge in [-0.1, -0.05) is 382 Å². The molecule has 0 saturated carbocycles. The molecule has 600 valence electrons. The summed E-state index contributed by atoms with van der Waals surface area (Å²) in [5, 5.41) is 10.6. The second-order valence-electron chi connectivity index (χ2n) is 30.5. The van der Waals surface area contributed by atoms with Gasteiger partial charge in [-0.3, -0.25) is 37.3 Å². The molecule has 0 aromatic carbocycles. The van der Waals surface area contributed by atoms with Crippen molar-refractivity contribution in [3.05, 3.63) is 0 Å². The van der Waals surface area contributed by atoms with E-state index in [0.29, 0.717) is 25.7 Å². The Balaban J connectivity index is 5.22. The summed E-state index contributed by atoms with van der Waals surface area (Å²) in [4.78, 5) is 73.0. The minimum Gasteiger partial charge on any atom is -0.462 e. The zero-order valence-corrected chi connectivity index (χ0v) is 68.0. The lowest BCUT2D eigenvalue weighted by Gasteiger charge is -2.21. The van der Waals surface area contributed by atoms with Gasteiger partial charge in [0.1, 0.15) is 19.3 Å². The van der Waals surface area contributed by atoms with Crippen molar-refractivity contribution in [2.45, 2.75) is 452 Å². The van der Waals surface area contributed by atoms with Crippen molar-refractivity contribution in [2.75, 3.05) is 39.6 Å². The molecular weight excluding hydrogens is 1320 g/mol. The first kappa shape index (κ1) is 99.1. The highest BCUT2D eigenvalue weighted by Crippen LogP contribution is 2.45. The highest BCUT2D eigenvalue weighted by molar-refractivity contribution is 7.47. The fourth-order valence-electron chi connectivity index (χ4n) is 12.7. The molecule has 0 radical (unpaired) electrons. The van der Waals surface area contributed by atoms with Gasteiger partial charge in [-0.2, -0.15) is 0 Å². The fourth-order valence-corrected chi connectivity index (χ4v) is 14.3. The molecule has 0 aliphatic rings. The van der Waals surface area contributed by atoms with Crippen LogP contribution in [0, 0.1) is 11.8 Å². The maximum atomic E-state index is 13.1. The molecule has 19 heteroatoms. The third kappa shape index (κ3) is 76.1. The normalized spacial score (nSPS) is 13.9. The first-order chi connectivity index (χ1) is 48.9. The van der Waals surface area contributed by atoms with Gasteiger partial charge < -0.3 is 33.8 Å². The van der Waals surface area contributed by atoms with Crippen LogP contribution in [0.3, 0.4) is 0 Å². The molecule has 0 saturated heterocycles. The van der Waals surface area contributed by atoms with Gasteiger partial charge >= 0.3 is 39.5 Å². The number of phosphoric ester groups is 2. The van der Waals surface area contributed by atoms with Crippen LogP contribution in [0.25, 0.3) is 0 Å². The average molecular weight is 1480 g/mol. The quantitative estimate of drug-likeness (QED) is 0.0222. The second-order valence-corrected chi connectivity index (χ2v) is 33.4. The van der Waals surface area contributed by atoms with Crippen LogP contribution in [0.5, 0.6) is 0 Å². The topological polar surface area (TPSA) is 237 Å². The Morgan fingerprint density at radius 1 is 0.267 bits per heavy atom. The summed E-state index contributed by atoms with van der Waals surface area (Å²) in [6.07, 6.45) is 63.8. The molecule has 0 aromatic heterocycles. The maximum absolute atomic E-state index is 13.1. The number of hydrogen-bond acceptors (Lipinski definition) is 15. The lowest BCUT2D eigenvalue weighted by atomic mass is 10.0. The number of carbonyl (C=O) groups is 4. The van der Waals surface area contributed by atoms with Gasteiger partial charge in [0.15, 0.2) is 12.2 Å². The average Bonchev–Trinajstić information content (AvgIpc) is 0.957. The Labute approximate surface area is 619 Å². The van der Waals surface area contributed by atoms with E-state index in [0.717, 1.165) is 102 Å². The summed E-state index contributed by atoms with van der Waals surface area (Å²) in [5.41, 5.74) is 0. The molecule has 0 aliphatic heterocycles. The van der Waals surface area contributed by atoms with Gasteiger partial charge in [0.2, 0.25) is 0 Å². The largest absolute Gasteiger partial charge is 0.472 e. The van der Waals surface area contributed by atoms with E-state index >= 15 is 0 Å². The molecule has 0 bridgehead atoms. The van der Waals surface area contributed by atoms with Gasteiger partial charge in [0.25, 0.3) is 0 Å². The Hall–Kier alpha value is -1.94. The van der Waals surface area contributed by atoms with E-state index in [1.807, 2.05) is 0 Å². The zero-order chi connectivity index (χ0) is 74.2. The van der Waals surface area contributed by atoms with Gasteiger partial charge in [-0.25, -0.2) is 9.13 Å². The maximum Gasteiger partial charge on any atom is 0.472 e. The van der Waals surface area contributed by atoms with Crippen molar-refractivity contribution in [1.82, 2.24) is 0 Å². The molecular formula is C82H160O17P2. The predicted molar refractivity (Wildman–Crippen MR) is 414 cm³/mol. The highest BCUT2D eigenvalue weighted by Gasteiger charge is 2.30.